The molecule has 0 saturated carbocycles. The number of aromatic amines is 1. The second-order valence-corrected chi connectivity index (χ2v) is 8.64. The summed E-state index contributed by atoms with van der Waals surface area (Å²) >= 11 is 0. The van der Waals surface area contributed by atoms with E-state index in [0.717, 1.165) is 60.5 Å². The number of hydrogen-bond donors (Lipinski definition) is 2. The van der Waals surface area contributed by atoms with E-state index in [4.69, 9.17) is 0 Å². The van der Waals surface area contributed by atoms with E-state index < -0.39 is 5.41 Å². The zero-order valence-electron chi connectivity index (χ0n) is 18.2. The lowest BCUT2D eigenvalue weighted by atomic mass is 9.72. The molecule has 1 saturated heterocycles. The summed E-state index contributed by atoms with van der Waals surface area (Å²) in [6.07, 6.45) is 5.83. The predicted molar refractivity (Wildman–Crippen MR) is 128 cm³/mol. The van der Waals surface area contributed by atoms with Gasteiger partial charge in [-0.3, -0.25) is 4.79 Å². The Balaban J connectivity index is 1.42. The van der Waals surface area contributed by atoms with Crippen molar-refractivity contribution in [1.82, 2.24) is 15.0 Å². The molecule has 3 heterocycles. The van der Waals surface area contributed by atoms with Gasteiger partial charge in [0.1, 0.15) is 17.8 Å². The van der Waals surface area contributed by atoms with Gasteiger partial charge in [0.25, 0.3) is 0 Å². The van der Waals surface area contributed by atoms with Crippen LogP contribution in [-0.4, -0.2) is 33.9 Å². The molecule has 4 aromatic rings. The van der Waals surface area contributed by atoms with Crippen LogP contribution in [0.2, 0.25) is 0 Å². The van der Waals surface area contributed by atoms with E-state index in [0.29, 0.717) is 0 Å². The maximum atomic E-state index is 13.6. The first-order chi connectivity index (χ1) is 15.6. The van der Waals surface area contributed by atoms with Gasteiger partial charge in [-0.05, 0) is 49.4 Å². The molecular weight excluding hydrogens is 398 g/mol. The molecule has 6 nitrogen and oxygen atoms in total. The molecule has 0 atom stereocenters. The average Bonchev–Trinajstić information content (AvgIpc) is 3.22. The summed E-state index contributed by atoms with van der Waals surface area (Å²) in [4.78, 5) is 28.1. The molecule has 2 N–H and O–H groups in total. The number of fused-ring (bicyclic) bond motifs is 1. The quantitative estimate of drug-likeness (QED) is 0.485. The van der Waals surface area contributed by atoms with Crippen molar-refractivity contribution in [2.45, 2.75) is 26.2 Å². The Morgan fingerprint density at radius 1 is 1.03 bits per heavy atom. The average molecular weight is 426 g/mol. The molecule has 0 aliphatic carbocycles. The van der Waals surface area contributed by atoms with Crippen LogP contribution < -0.4 is 10.2 Å². The van der Waals surface area contributed by atoms with Gasteiger partial charge in [0.15, 0.2) is 0 Å². The van der Waals surface area contributed by atoms with Crippen molar-refractivity contribution in [1.29, 1.82) is 0 Å². The van der Waals surface area contributed by atoms with Crippen molar-refractivity contribution in [3.63, 3.8) is 0 Å². The van der Waals surface area contributed by atoms with Crippen LogP contribution in [0.1, 0.15) is 24.0 Å². The summed E-state index contributed by atoms with van der Waals surface area (Å²) in [6.45, 7) is 3.61. The first kappa shape index (κ1) is 20.2. The summed E-state index contributed by atoms with van der Waals surface area (Å²) in [5.41, 5.74) is 3.56. The zero-order valence-corrected chi connectivity index (χ0v) is 18.2. The van der Waals surface area contributed by atoms with Crippen LogP contribution in [0, 0.1) is 12.3 Å². The standard InChI is InChI=1S/C26H27N5O/c1-19-17-27-23-22(19)24(29-18-28-23)31-14-12-26(13-15-31,16-20-8-4-2-5-9-20)25(32)30-21-10-6-3-7-11-21/h2-11,17-18H,12-16H2,1H3,(H,30,32)(H,27,28,29). The van der Waals surface area contributed by atoms with E-state index in [9.17, 15) is 4.79 Å². The third kappa shape index (κ3) is 3.84. The lowest BCUT2D eigenvalue weighted by Gasteiger charge is -2.41. The van der Waals surface area contributed by atoms with E-state index in [-0.39, 0.29) is 5.91 Å². The number of piperidine rings is 1. The Kier molecular flexibility index (Phi) is 5.35. The van der Waals surface area contributed by atoms with Gasteiger partial charge in [-0.25, -0.2) is 9.97 Å². The van der Waals surface area contributed by atoms with Crippen molar-refractivity contribution in [3.05, 3.63) is 84.3 Å². The predicted octanol–water partition coefficient (Wildman–Crippen LogP) is 4.73. The molecule has 0 radical (unpaired) electrons. The number of nitrogens with one attached hydrogen (secondary N) is 2. The summed E-state index contributed by atoms with van der Waals surface area (Å²) in [6, 6.07) is 20.1. The number of H-pyrrole nitrogens is 1. The number of hydrogen-bond acceptors (Lipinski definition) is 4. The normalized spacial score (nSPS) is 15.6. The SMILES string of the molecule is Cc1c[nH]c2ncnc(N3CCC(Cc4ccccc4)(C(=O)Nc4ccccc4)CC3)c12. The topological polar surface area (TPSA) is 73.9 Å². The number of benzene rings is 2. The van der Waals surface area contributed by atoms with E-state index >= 15 is 0 Å². The number of aryl methyl sites for hydroxylation is 1. The molecule has 1 aliphatic heterocycles. The van der Waals surface area contributed by atoms with Gasteiger partial charge >= 0.3 is 0 Å². The second-order valence-electron chi connectivity index (χ2n) is 8.64. The van der Waals surface area contributed by atoms with Gasteiger partial charge in [0.05, 0.1) is 10.8 Å². The lowest BCUT2D eigenvalue weighted by molar-refractivity contribution is -0.126. The van der Waals surface area contributed by atoms with Crippen molar-refractivity contribution in [3.8, 4) is 0 Å². The fourth-order valence-electron chi connectivity index (χ4n) is 4.74. The first-order valence-corrected chi connectivity index (χ1v) is 11.1. The highest BCUT2D eigenvalue weighted by Gasteiger charge is 2.42. The Bertz CT molecular complexity index is 1210. The number of amides is 1. The molecule has 1 fully saturated rings. The Morgan fingerprint density at radius 2 is 1.72 bits per heavy atom. The Morgan fingerprint density at radius 3 is 2.44 bits per heavy atom. The molecule has 0 spiro atoms. The van der Waals surface area contributed by atoms with Gasteiger partial charge < -0.3 is 15.2 Å². The maximum Gasteiger partial charge on any atom is 0.231 e. The number of anilines is 2. The van der Waals surface area contributed by atoms with Crippen molar-refractivity contribution < 1.29 is 4.79 Å². The zero-order chi connectivity index (χ0) is 22.0. The van der Waals surface area contributed by atoms with Crippen LogP contribution in [0.4, 0.5) is 11.5 Å². The lowest BCUT2D eigenvalue weighted by Crippen LogP contribution is -2.48. The number of aromatic nitrogens is 3. The molecular formula is C26H27N5O. The van der Waals surface area contributed by atoms with Crippen molar-refractivity contribution in [2.24, 2.45) is 5.41 Å². The van der Waals surface area contributed by atoms with Gasteiger partial charge in [-0.15, -0.1) is 0 Å². The number of carbonyl (C=O) groups excluding carboxylic acids is 1. The van der Waals surface area contributed by atoms with Crippen molar-refractivity contribution in [2.75, 3.05) is 23.3 Å². The molecule has 1 aliphatic rings. The minimum absolute atomic E-state index is 0.0952. The van der Waals surface area contributed by atoms with Crippen LogP contribution in [0.3, 0.4) is 0 Å². The van der Waals surface area contributed by atoms with Gasteiger partial charge in [0, 0.05) is 25.0 Å². The maximum absolute atomic E-state index is 13.6. The molecule has 0 bridgehead atoms. The van der Waals surface area contributed by atoms with Gasteiger partial charge in [-0.2, -0.15) is 0 Å². The molecule has 32 heavy (non-hydrogen) atoms. The van der Waals surface area contributed by atoms with Crippen LogP contribution in [0.25, 0.3) is 11.0 Å². The summed E-state index contributed by atoms with van der Waals surface area (Å²) < 4.78 is 0. The third-order valence-electron chi connectivity index (χ3n) is 6.57. The number of carbonyl (C=O) groups is 1. The minimum Gasteiger partial charge on any atom is -0.356 e. The molecule has 1 amide bonds. The largest absolute Gasteiger partial charge is 0.356 e. The second kappa shape index (κ2) is 8.46. The molecule has 162 valence electrons. The molecule has 2 aromatic carbocycles. The van der Waals surface area contributed by atoms with E-state index in [2.05, 4.69) is 44.2 Å². The molecule has 2 aromatic heterocycles. The molecule has 6 heteroatoms. The van der Waals surface area contributed by atoms with E-state index in [1.807, 2.05) is 54.7 Å². The smallest absolute Gasteiger partial charge is 0.231 e. The first-order valence-electron chi connectivity index (χ1n) is 11.1. The van der Waals surface area contributed by atoms with Crippen molar-refractivity contribution >= 4 is 28.4 Å². The number of para-hydroxylation sites is 1. The van der Waals surface area contributed by atoms with Crippen LogP contribution in [0.5, 0.6) is 0 Å². The third-order valence-corrected chi connectivity index (χ3v) is 6.57. The van der Waals surface area contributed by atoms with Crippen LogP contribution >= 0.6 is 0 Å². The highest BCUT2D eigenvalue weighted by molar-refractivity contribution is 5.96. The van der Waals surface area contributed by atoms with E-state index in [1.54, 1.807) is 6.33 Å². The monoisotopic (exact) mass is 425 g/mol. The Hall–Kier alpha value is -3.67. The van der Waals surface area contributed by atoms with E-state index in [1.165, 1.54) is 5.56 Å². The number of nitrogens with zero attached hydrogens (tertiary/aromatic N) is 3. The summed E-state index contributed by atoms with van der Waals surface area (Å²) in [5, 5.41) is 4.24. The fourth-order valence-corrected chi connectivity index (χ4v) is 4.74. The number of rotatable bonds is 5. The summed E-state index contributed by atoms with van der Waals surface area (Å²) in [5.74, 6) is 1.04. The highest BCUT2D eigenvalue weighted by atomic mass is 16.2. The molecule has 5 rings (SSSR count). The highest BCUT2D eigenvalue weighted by Crippen LogP contribution is 2.39. The minimum atomic E-state index is -0.465. The Labute approximate surface area is 187 Å². The fraction of sp³-hybridized carbons (Fsp3) is 0.269. The molecule has 0 unspecified atom stereocenters. The van der Waals surface area contributed by atoms with Gasteiger partial charge in [0.2, 0.25) is 5.91 Å². The van der Waals surface area contributed by atoms with Crippen LogP contribution in [-0.2, 0) is 11.2 Å². The summed E-state index contributed by atoms with van der Waals surface area (Å²) in [7, 11) is 0. The van der Waals surface area contributed by atoms with Gasteiger partial charge in [-0.1, -0.05) is 48.5 Å². The van der Waals surface area contributed by atoms with Crippen LogP contribution in [0.15, 0.2) is 73.2 Å².